The van der Waals surface area contributed by atoms with Crippen molar-refractivity contribution < 1.29 is 14.3 Å². The third kappa shape index (κ3) is 6.66. The summed E-state index contributed by atoms with van der Waals surface area (Å²) in [5, 5.41) is 8.56. The number of amides is 2. The van der Waals surface area contributed by atoms with E-state index in [9.17, 15) is 9.59 Å². The number of hydrogen-bond acceptors (Lipinski definition) is 4. The number of thiocarbonyl (C=S) groups is 1. The first-order valence-corrected chi connectivity index (χ1v) is 9.45. The highest BCUT2D eigenvalue weighted by Gasteiger charge is 2.11. The molecule has 2 amide bonds. The Morgan fingerprint density at radius 1 is 0.929 bits per heavy atom. The Labute approximate surface area is 170 Å². The second kappa shape index (κ2) is 9.85. The van der Waals surface area contributed by atoms with Crippen LogP contribution in [0.2, 0.25) is 0 Å². The van der Waals surface area contributed by atoms with E-state index in [1.807, 2.05) is 27.7 Å². The molecule has 0 aliphatic rings. The van der Waals surface area contributed by atoms with E-state index in [2.05, 4.69) is 16.0 Å². The zero-order chi connectivity index (χ0) is 20.7. The lowest BCUT2D eigenvalue weighted by Gasteiger charge is -2.12. The molecule has 0 aromatic heterocycles. The molecule has 0 spiro atoms. The van der Waals surface area contributed by atoms with Gasteiger partial charge in [0.15, 0.2) is 5.11 Å². The molecular weight excluding hydrogens is 374 g/mol. The molecule has 2 aromatic carbocycles. The van der Waals surface area contributed by atoms with Gasteiger partial charge < -0.3 is 15.4 Å². The third-order valence-electron chi connectivity index (χ3n) is 3.52. The van der Waals surface area contributed by atoms with Crippen molar-refractivity contribution in [1.29, 1.82) is 0 Å². The summed E-state index contributed by atoms with van der Waals surface area (Å²) in [4.78, 5) is 24.3. The molecule has 0 unspecified atom stereocenters. The fourth-order valence-corrected chi connectivity index (χ4v) is 2.58. The average Bonchev–Trinajstić information content (AvgIpc) is 2.61. The largest absolute Gasteiger partial charge is 0.491 e. The number of ether oxygens (including phenoxy) is 1. The average molecular weight is 400 g/mol. The Kier molecular flexibility index (Phi) is 7.52. The van der Waals surface area contributed by atoms with Crippen LogP contribution in [0.4, 0.5) is 5.69 Å². The Morgan fingerprint density at radius 2 is 1.61 bits per heavy atom. The fraction of sp³-hybridized carbons (Fsp3) is 0.286. The summed E-state index contributed by atoms with van der Waals surface area (Å²) in [6.07, 6.45) is 0.0200. The molecule has 0 saturated carbocycles. The zero-order valence-corrected chi connectivity index (χ0v) is 17.2. The number of nitrogens with one attached hydrogen (secondary N) is 3. The first kappa shape index (κ1) is 21.4. The van der Waals surface area contributed by atoms with Gasteiger partial charge in [0.2, 0.25) is 0 Å². The molecule has 148 valence electrons. The van der Waals surface area contributed by atoms with Crippen molar-refractivity contribution >= 4 is 34.8 Å². The Hall–Kier alpha value is -2.93. The lowest BCUT2D eigenvalue weighted by molar-refractivity contribution is 0.0941. The number of hydrogen-bond donors (Lipinski definition) is 3. The van der Waals surface area contributed by atoms with Crippen LogP contribution in [0, 0.1) is 0 Å². The van der Waals surface area contributed by atoms with Crippen LogP contribution >= 0.6 is 12.2 Å². The van der Waals surface area contributed by atoms with Gasteiger partial charge in [-0.1, -0.05) is 6.07 Å². The summed E-state index contributed by atoms with van der Waals surface area (Å²) in [5.74, 6) is 0.150. The van der Waals surface area contributed by atoms with Crippen molar-refractivity contribution in [3.63, 3.8) is 0 Å². The van der Waals surface area contributed by atoms with Crippen LogP contribution in [-0.4, -0.2) is 29.1 Å². The van der Waals surface area contributed by atoms with Gasteiger partial charge >= 0.3 is 0 Å². The van der Waals surface area contributed by atoms with E-state index in [-0.39, 0.29) is 29.1 Å². The van der Waals surface area contributed by atoms with Gasteiger partial charge in [0.1, 0.15) is 5.75 Å². The van der Waals surface area contributed by atoms with E-state index >= 15 is 0 Å². The number of carbonyl (C=O) groups is 2. The summed E-state index contributed by atoms with van der Waals surface area (Å²) >= 11 is 5.20. The predicted molar refractivity (Wildman–Crippen MR) is 115 cm³/mol. The maximum absolute atomic E-state index is 12.4. The quantitative estimate of drug-likeness (QED) is 0.645. The van der Waals surface area contributed by atoms with Crippen LogP contribution in [0.15, 0.2) is 48.5 Å². The van der Waals surface area contributed by atoms with Crippen LogP contribution in [0.25, 0.3) is 0 Å². The van der Waals surface area contributed by atoms with Gasteiger partial charge in [-0.3, -0.25) is 14.9 Å². The summed E-state index contributed by atoms with van der Waals surface area (Å²) in [6.45, 7) is 7.65. The Bertz CT molecular complexity index is 848. The van der Waals surface area contributed by atoms with E-state index in [1.165, 1.54) is 0 Å². The molecule has 0 saturated heterocycles. The van der Waals surface area contributed by atoms with E-state index in [0.29, 0.717) is 22.6 Å². The number of carbonyl (C=O) groups excluding carboxylic acids is 2. The highest BCUT2D eigenvalue weighted by atomic mass is 32.1. The van der Waals surface area contributed by atoms with Crippen molar-refractivity contribution in [3.8, 4) is 5.75 Å². The molecule has 0 heterocycles. The molecule has 2 aromatic rings. The number of anilines is 1. The topological polar surface area (TPSA) is 79.5 Å². The second-order valence-corrected chi connectivity index (χ2v) is 7.22. The predicted octanol–water partition coefficient (Wildman–Crippen LogP) is 3.74. The van der Waals surface area contributed by atoms with E-state index in [0.717, 1.165) is 0 Å². The minimum atomic E-state index is -0.334. The minimum absolute atomic E-state index is 0.0200. The molecule has 7 heteroatoms. The van der Waals surface area contributed by atoms with Crippen LogP contribution in [0.3, 0.4) is 0 Å². The summed E-state index contributed by atoms with van der Waals surface area (Å²) in [6, 6.07) is 13.8. The zero-order valence-electron chi connectivity index (χ0n) is 16.4. The monoisotopic (exact) mass is 399 g/mol. The molecule has 3 N–H and O–H groups in total. The van der Waals surface area contributed by atoms with Crippen LogP contribution < -0.4 is 20.7 Å². The van der Waals surface area contributed by atoms with Gasteiger partial charge in [-0.15, -0.1) is 0 Å². The highest BCUT2D eigenvalue weighted by molar-refractivity contribution is 7.80. The molecule has 0 radical (unpaired) electrons. The minimum Gasteiger partial charge on any atom is -0.491 e. The normalized spacial score (nSPS) is 10.5. The summed E-state index contributed by atoms with van der Waals surface area (Å²) < 4.78 is 5.60. The third-order valence-corrected chi connectivity index (χ3v) is 3.72. The first-order valence-electron chi connectivity index (χ1n) is 9.04. The smallest absolute Gasteiger partial charge is 0.257 e. The molecule has 28 heavy (non-hydrogen) atoms. The lowest BCUT2D eigenvalue weighted by atomic mass is 10.2. The van der Waals surface area contributed by atoms with Gasteiger partial charge in [-0.25, -0.2) is 0 Å². The lowest BCUT2D eigenvalue weighted by Crippen LogP contribution is -2.34. The summed E-state index contributed by atoms with van der Waals surface area (Å²) in [7, 11) is 0. The molecule has 0 aliphatic heterocycles. The van der Waals surface area contributed by atoms with Gasteiger partial charge in [-0.05, 0) is 82.4 Å². The van der Waals surface area contributed by atoms with Gasteiger partial charge in [0.25, 0.3) is 11.8 Å². The van der Waals surface area contributed by atoms with Gasteiger partial charge in [0, 0.05) is 22.9 Å². The van der Waals surface area contributed by atoms with E-state index < -0.39 is 0 Å². The van der Waals surface area contributed by atoms with E-state index in [1.54, 1.807) is 48.5 Å². The van der Waals surface area contributed by atoms with Crippen molar-refractivity contribution in [3.05, 3.63) is 59.7 Å². The van der Waals surface area contributed by atoms with Crippen LogP contribution in [-0.2, 0) is 0 Å². The molecular formula is C21H25N3O3S. The summed E-state index contributed by atoms with van der Waals surface area (Å²) in [5.41, 5.74) is 1.67. The SMILES string of the molecule is CC(C)NC(=O)c1ccc(NC(=S)NC(=O)c2cccc(OC(C)C)c2)cc1. The maximum atomic E-state index is 12.4. The molecule has 0 aliphatic carbocycles. The van der Waals surface area contributed by atoms with Crippen molar-refractivity contribution in [1.82, 2.24) is 10.6 Å². The van der Waals surface area contributed by atoms with Gasteiger partial charge in [0.05, 0.1) is 6.10 Å². The number of benzene rings is 2. The van der Waals surface area contributed by atoms with Crippen molar-refractivity contribution in [2.45, 2.75) is 39.8 Å². The fourth-order valence-electron chi connectivity index (χ4n) is 2.37. The standard InChI is InChI=1S/C21H25N3O3S/c1-13(2)22-19(25)15-8-10-17(11-9-15)23-21(28)24-20(26)16-6-5-7-18(12-16)27-14(3)4/h5-14H,1-4H3,(H,22,25)(H2,23,24,26,28). The first-order chi connectivity index (χ1) is 13.2. The van der Waals surface area contributed by atoms with Crippen LogP contribution in [0.5, 0.6) is 5.75 Å². The Morgan fingerprint density at radius 3 is 2.21 bits per heavy atom. The number of rotatable bonds is 6. The molecule has 0 fully saturated rings. The molecule has 2 rings (SSSR count). The highest BCUT2D eigenvalue weighted by Crippen LogP contribution is 2.15. The van der Waals surface area contributed by atoms with Crippen molar-refractivity contribution in [2.75, 3.05) is 5.32 Å². The van der Waals surface area contributed by atoms with Crippen molar-refractivity contribution in [2.24, 2.45) is 0 Å². The van der Waals surface area contributed by atoms with E-state index in [4.69, 9.17) is 17.0 Å². The van der Waals surface area contributed by atoms with Crippen LogP contribution in [0.1, 0.15) is 48.4 Å². The van der Waals surface area contributed by atoms with Gasteiger partial charge in [-0.2, -0.15) is 0 Å². The maximum Gasteiger partial charge on any atom is 0.257 e. The second-order valence-electron chi connectivity index (χ2n) is 6.81. The molecule has 0 atom stereocenters. The Balaban J connectivity index is 1.94. The molecule has 0 bridgehead atoms. The molecule has 6 nitrogen and oxygen atoms in total.